The molecule has 1 aromatic carbocycles. The van der Waals surface area contributed by atoms with Crippen LogP contribution in [0, 0.1) is 6.92 Å². The predicted molar refractivity (Wildman–Crippen MR) is 102 cm³/mol. The molecule has 0 bridgehead atoms. The van der Waals surface area contributed by atoms with E-state index in [4.69, 9.17) is 4.52 Å². The summed E-state index contributed by atoms with van der Waals surface area (Å²) in [5, 5.41) is 3.74. The van der Waals surface area contributed by atoms with Crippen LogP contribution in [0.5, 0.6) is 0 Å². The summed E-state index contributed by atoms with van der Waals surface area (Å²) in [6.45, 7) is 2.49. The molecule has 1 fully saturated rings. The van der Waals surface area contributed by atoms with Crippen molar-refractivity contribution in [3.8, 4) is 0 Å². The summed E-state index contributed by atoms with van der Waals surface area (Å²) >= 11 is 0. The number of sulfonamides is 1. The van der Waals surface area contributed by atoms with E-state index in [-0.39, 0.29) is 5.75 Å². The summed E-state index contributed by atoms with van der Waals surface area (Å²) in [6, 6.07) is 9.80. The Morgan fingerprint density at radius 3 is 2.65 bits per heavy atom. The molecular formula is C19H27N3O3S. The SMILES string of the molecule is Cc1cc(CS(=O)(=O)Nc2ccccc2CN(C)C2CCCCC2)on1. The monoisotopic (exact) mass is 377 g/mol. The van der Waals surface area contributed by atoms with Gasteiger partial charge in [-0.1, -0.05) is 42.6 Å². The maximum atomic E-state index is 12.5. The largest absolute Gasteiger partial charge is 0.360 e. The molecule has 142 valence electrons. The van der Waals surface area contributed by atoms with Gasteiger partial charge in [0, 0.05) is 18.7 Å². The van der Waals surface area contributed by atoms with Crippen molar-refractivity contribution < 1.29 is 12.9 Å². The lowest BCUT2D eigenvalue weighted by molar-refractivity contribution is 0.185. The molecule has 1 N–H and O–H groups in total. The van der Waals surface area contributed by atoms with Gasteiger partial charge < -0.3 is 4.52 Å². The van der Waals surface area contributed by atoms with E-state index in [2.05, 4.69) is 21.8 Å². The Labute approximate surface area is 155 Å². The van der Waals surface area contributed by atoms with E-state index in [0.717, 1.165) is 12.1 Å². The lowest BCUT2D eigenvalue weighted by atomic mass is 9.94. The van der Waals surface area contributed by atoms with Crippen molar-refractivity contribution in [3.05, 3.63) is 47.3 Å². The molecule has 3 rings (SSSR count). The van der Waals surface area contributed by atoms with E-state index in [0.29, 0.717) is 23.2 Å². The van der Waals surface area contributed by atoms with Crippen molar-refractivity contribution in [2.24, 2.45) is 0 Å². The van der Waals surface area contributed by atoms with Crippen molar-refractivity contribution in [2.75, 3.05) is 11.8 Å². The average molecular weight is 378 g/mol. The summed E-state index contributed by atoms with van der Waals surface area (Å²) in [5.41, 5.74) is 2.29. The number of hydrogen-bond acceptors (Lipinski definition) is 5. The summed E-state index contributed by atoms with van der Waals surface area (Å²) < 4.78 is 32.8. The molecule has 6 nitrogen and oxygen atoms in total. The average Bonchev–Trinajstić information content (AvgIpc) is 3.01. The molecule has 26 heavy (non-hydrogen) atoms. The van der Waals surface area contributed by atoms with Gasteiger partial charge in [-0.05, 0) is 38.4 Å². The number of anilines is 1. The second kappa shape index (κ2) is 8.22. The Bertz CT molecular complexity index is 826. The molecule has 0 atom stereocenters. The third-order valence-corrected chi connectivity index (χ3v) is 6.11. The van der Waals surface area contributed by atoms with Crippen molar-refractivity contribution in [1.29, 1.82) is 0 Å². The van der Waals surface area contributed by atoms with Crippen molar-refractivity contribution in [3.63, 3.8) is 0 Å². The molecular weight excluding hydrogens is 350 g/mol. The van der Waals surface area contributed by atoms with Crippen LogP contribution in [0.4, 0.5) is 5.69 Å². The molecule has 0 amide bonds. The molecule has 1 heterocycles. The van der Waals surface area contributed by atoms with Crippen LogP contribution >= 0.6 is 0 Å². The number of nitrogens with one attached hydrogen (secondary N) is 1. The van der Waals surface area contributed by atoms with Gasteiger partial charge >= 0.3 is 0 Å². The fourth-order valence-electron chi connectivity index (χ4n) is 3.55. The quantitative estimate of drug-likeness (QED) is 0.796. The fourth-order valence-corrected chi connectivity index (χ4v) is 4.67. The summed E-state index contributed by atoms with van der Waals surface area (Å²) in [4.78, 5) is 2.34. The van der Waals surface area contributed by atoms with Gasteiger partial charge in [-0.2, -0.15) is 0 Å². The molecule has 0 radical (unpaired) electrons. The number of nitrogens with zero attached hydrogens (tertiary/aromatic N) is 2. The summed E-state index contributed by atoms with van der Waals surface area (Å²) in [5.74, 6) is 0.118. The highest BCUT2D eigenvalue weighted by molar-refractivity contribution is 7.91. The second-order valence-corrected chi connectivity index (χ2v) is 8.88. The Hall–Kier alpha value is -1.86. The zero-order valence-electron chi connectivity index (χ0n) is 15.4. The molecule has 1 saturated carbocycles. The Morgan fingerprint density at radius 1 is 1.23 bits per heavy atom. The van der Waals surface area contributed by atoms with Crippen molar-refractivity contribution in [2.45, 2.75) is 57.4 Å². The first kappa shape index (κ1) is 18.9. The second-order valence-electron chi connectivity index (χ2n) is 7.16. The van der Waals surface area contributed by atoms with E-state index in [1.807, 2.05) is 24.3 Å². The number of hydrogen-bond donors (Lipinski definition) is 1. The minimum Gasteiger partial charge on any atom is -0.360 e. The third-order valence-electron chi connectivity index (χ3n) is 4.91. The zero-order valence-corrected chi connectivity index (χ0v) is 16.3. The van der Waals surface area contributed by atoms with Crippen LogP contribution in [0.2, 0.25) is 0 Å². The van der Waals surface area contributed by atoms with Crippen molar-refractivity contribution in [1.82, 2.24) is 10.1 Å². The van der Waals surface area contributed by atoms with Crippen LogP contribution in [0.3, 0.4) is 0 Å². The van der Waals surface area contributed by atoms with E-state index >= 15 is 0 Å². The first-order valence-electron chi connectivity index (χ1n) is 9.14. The molecule has 0 unspecified atom stereocenters. The first-order chi connectivity index (χ1) is 12.4. The molecule has 0 saturated heterocycles. The molecule has 7 heteroatoms. The highest BCUT2D eigenvalue weighted by Gasteiger charge is 2.20. The van der Waals surface area contributed by atoms with Gasteiger partial charge in [0.2, 0.25) is 10.0 Å². The maximum Gasteiger partial charge on any atom is 0.240 e. The third kappa shape index (κ3) is 5.08. The predicted octanol–water partition coefficient (Wildman–Crippen LogP) is 3.69. The Kier molecular flexibility index (Phi) is 5.98. The van der Waals surface area contributed by atoms with Crippen molar-refractivity contribution >= 4 is 15.7 Å². The summed E-state index contributed by atoms with van der Waals surface area (Å²) in [6.07, 6.45) is 6.31. The molecule has 2 aromatic rings. The number of para-hydroxylation sites is 1. The van der Waals surface area contributed by atoms with Gasteiger partial charge in [-0.25, -0.2) is 8.42 Å². The van der Waals surface area contributed by atoms with Crippen LogP contribution < -0.4 is 4.72 Å². The van der Waals surface area contributed by atoms with E-state index in [9.17, 15) is 8.42 Å². The Morgan fingerprint density at radius 2 is 1.96 bits per heavy atom. The van der Waals surface area contributed by atoms with Gasteiger partial charge in [0.05, 0.1) is 11.4 Å². The molecule has 1 aliphatic carbocycles. The van der Waals surface area contributed by atoms with E-state index in [1.165, 1.54) is 32.1 Å². The normalized spacial score (nSPS) is 16.1. The van der Waals surface area contributed by atoms with Crippen LogP contribution in [0.25, 0.3) is 0 Å². The minimum absolute atomic E-state index is 0.222. The lowest BCUT2D eigenvalue weighted by Gasteiger charge is -2.31. The highest BCUT2D eigenvalue weighted by Crippen LogP contribution is 2.25. The molecule has 1 aromatic heterocycles. The van der Waals surface area contributed by atoms with Crippen LogP contribution in [-0.4, -0.2) is 31.6 Å². The number of rotatable bonds is 7. The molecule has 1 aliphatic rings. The molecule has 0 aliphatic heterocycles. The highest BCUT2D eigenvalue weighted by atomic mass is 32.2. The van der Waals surface area contributed by atoms with Gasteiger partial charge in [-0.15, -0.1) is 0 Å². The smallest absolute Gasteiger partial charge is 0.240 e. The lowest BCUT2D eigenvalue weighted by Crippen LogP contribution is -2.33. The van der Waals surface area contributed by atoms with Gasteiger partial charge in [0.15, 0.2) is 5.76 Å². The topological polar surface area (TPSA) is 75.4 Å². The first-order valence-corrected chi connectivity index (χ1v) is 10.8. The van der Waals surface area contributed by atoms with Gasteiger partial charge in [-0.3, -0.25) is 9.62 Å². The number of aryl methyl sites for hydroxylation is 1. The number of benzene rings is 1. The zero-order chi connectivity index (χ0) is 18.6. The minimum atomic E-state index is -3.56. The van der Waals surface area contributed by atoms with Gasteiger partial charge in [0.25, 0.3) is 0 Å². The fraction of sp³-hybridized carbons (Fsp3) is 0.526. The standard InChI is InChI=1S/C19H27N3O3S/c1-15-12-18(25-20-15)14-26(23,24)21-19-11-7-6-8-16(19)13-22(2)17-9-4-3-5-10-17/h6-8,11-12,17,21H,3-5,9-10,13-14H2,1-2H3. The van der Waals surface area contributed by atoms with Crippen LogP contribution in [0.1, 0.15) is 49.1 Å². The Balaban J connectivity index is 1.70. The van der Waals surface area contributed by atoms with Crippen LogP contribution in [0.15, 0.2) is 34.9 Å². The van der Waals surface area contributed by atoms with E-state index < -0.39 is 10.0 Å². The van der Waals surface area contributed by atoms with Crippen LogP contribution in [-0.2, 0) is 22.3 Å². The maximum absolute atomic E-state index is 12.5. The molecule has 0 spiro atoms. The summed E-state index contributed by atoms with van der Waals surface area (Å²) in [7, 11) is -1.44. The number of aromatic nitrogens is 1. The van der Waals surface area contributed by atoms with E-state index in [1.54, 1.807) is 13.0 Å². The van der Waals surface area contributed by atoms with Gasteiger partial charge in [0.1, 0.15) is 5.75 Å².